The van der Waals surface area contributed by atoms with E-state index >= 15 is 0 Å². The molecule has 0 radical (unpaired) electrons. The van der Waals surface area contributed by atoms with Crippen molar-refractivity contribution in [3.05, 3.63) is 51.2 Å². The van der Waals surface area contributed by atoms with Crippen molar-refractivity contribution in [3.63, 3.8) is 0 Å². The Kier molecular flexibility index (Phi) is 4.50. The molecule has 8 heteroatoms. The zero-order valence-corrected chi connectivity index (χ0v) is 16.9. The zero-order chi connectivity index (χ0) is 21.7. The first kappa shape index (κ1) is 19.3. The molecule has 0 saturated heterocycles. The summed E-state index contributed by atoms with van der Waals surface area (Å²) in [6, 6.07) is 6.72. The molecule has 2 aliphatic rings. The third-order valence-electron chi connectivity index (χ3n) is 6.05. The van der Waals surface area contributed by atoms with Crippen LogP contribution in [0, 0.1) is 0 Å². The summed E-state index contributed by atoms with van der Waals surface area (Å²) >= 11 is 0. The average Bonchev–Trinajstić information content (AvgIpc) is 3.08. The molecule has 8 nitrogen and oxygen atoms in total. The lowest BCUT2D eigenvalue weighted by atomic mass is 9.92. The number of benzene rings is 2. The lowest BCUT2D eigenvalue weighted by molar-refractivity contribution is 0.0598. The van der Waals surface area contributed by atoms with E-state index < -0.39 is 23.2 Å². The average molecular weight is 420 g/mol. The van der Waals surface area contributed by atoms with Crippen LogP contribution in [0.4, 0.5) is 5.69 Å². The highest BCUT2D eigenvalue weighted by atomic mass is 16.5. The molecule has 0 unspecified atom stereocenters. The fourth-order valence-electron chi connectivity index (χ4n) is 4.61. The highest BCUT2D eigenvalue weighted by molar-refractivity contribution is 6.31. The second-order valence-corrected chi connectivity index (χ2v) is 7.89. The molecule has 1 aliphatic heterocycles. The molecule has 1 fully saturated rings. The quantitative estimate of drug-likeness (QED) is 0.379. The Bertz CT molecular complexity index is 1330. The predicted molar refractivity (Wildman–Crippen MR) is 114 cm³/mol. The fourth-order valence-corrected chi connectivity index (χ4v) is 4.61. The molecule has 0 atom stereocenters. The van der Waals surface area contributed by atoms with Crippen LogP contribution in [-0.4, -0.2) is 30.9 Å². The molecular formula is C23H20N2O6. The number of anilines is 1. The first-order chi connectivity index (χ1) is 15.0. The summed E-state index contributed by atoms with van der Waals surface area (Å²) in [5.41, 5.74) is -0.156. The molecule has 31 heavy (non-hydrogen) atoms. The summed E-state index contributed by atoms with van der Waals surface area (Å²) in [4.78, 5) is 51.6. The number of amides is 2. The molecule has 3 aromatic rings. The SMILES string of the molecule is COC(=O)c1c2c(c(NC3CCCCC3)c3oc4ccccc4c(=O)c13)C(=O)NC2=O. The molecule has 1 aromatic heterocycles. The van der Waals surface area contributed by atoms with Gasteiger partial charge in [-0.2, -0.15) is 0 Å². The maximum Gasteiger partial charge on any atom is 0.339 e. The molecule has 5 rings (SSSR count). The summed E-state index contributed by atoms with van der Waals surface area (Å²) in [5.74, 6) is -2.25. The second-order valence-electron chi connectivity index (χ2n) is 7.89. The van der Waals surface area contributed by atoms with Gasteiger partial charge < -0.3 is 14.5 Å². The van der Waals surface area contributed by atoms with E-state index in [9.17, 15) is 19.2 Å². The number of carbonyl (C=O) groups is 3. The van der Waals surface area contributed by atoms with E-state index in [4.69, 9.17) is 9.15 Å². The zero-order valence-electron chi connectivity index (χ0n) is 16.9. The van der Waals surface area contributed by atoms with Crippen molar-refractivity contribution in [1.29, 1.82) is 0 Å². The van der Waals surface area contributed by atoms with Gasteiger partial charge in [-0.05, 0) is 25.0 Å². The van der Waals surface area contributed by atoms with Crippen LogP contribution in [-0.2, 0) is 4.74 Å². The molecule has 2 aromatic carbocycles. The Morgan fingerprint density at radius 2 is 1.77 bits per heavy atom. The summed E-state index contributed by atoms with van der Waals surface area (Å²) in [6.45, 7) is 0. The smallest absolute Gasteiger partial charge is 0.339 e. The number of methoxy groups -OCH3 is 1. The van der Waals surface area contributed by atoms with Crippen LogP contribution in [0.25, 0.3) is 21.9 Å². The number of hydrogen-bond acceptors (Lipinski definition) is 7. The third kappa shape index (κ3) is 2.90. The Hall–Kier alpha value is -3.68. The van der Waals surface area contributed by atoms with E-state index in [2.05, 4.69) is 10.6 Å². The third-order valence-corrected chi connectivity index (χ3v) is 6.05. The Balaban J connectivity index is 1.94. The molecule has 0 bridgehead atoms. The Morgan fingerprint density at radius 3 is 2.52 bits per heavy atom. The maximum atomic E-state index is 13.4. The van der Waals surface area contributed by atoms with E-state index in [0.29, 0.717) is 5.58 Å². The number of nitrogens with one attached hydrogen (secondary N) is 2. The van der Waals surface area contributed by atoms with Crippen LogP contribution in [0.2, 0.25) is 0 Å². The molecule has 2 N–H and O–H groups in total. The van der Waals surface area contributed by atoms with Crippen LogP contribution in [0.5, 0.6) is 0 Å². The predicted octanol–water partition coefficient (Wildman–Crippen LogP) is 3.36. The normalized spacial score (nSPS) is 16.4. The summed E-state index contributed by atoms with van der Waals surface area (Å²) in [6.07, 6.45) is 4.99. The van der Waals surface area contributed by atoms with Gasteiger partial charge in [0.1, 0.15) is 5.58 Å². The molecular weight excluding hydrogens is 400 g/mol. The van der Waals surface area contributed by atoms with Crippen molar-refractivity contribution >= 4 is 45.4 Å². The second kappa shape index (κ2) is 7.23. The highest BCUT2D eigenvalue weighted by Crippen LogP contribution is 2.39. The van der Waals surface area contributed by atoms with Gasteiger partial charge in [0.25, 0.3) is 11.8 Å². The molecule has 2 amide bonds. The number of fused-ring (bicyclic) bond motifs is 3. The fraction of sp³-hybridized carbons (Fsp3) is 0.304. The van der Waals surface area contributed by atoms with Gasteiger partial charge in [-0.25, -0.2) is 4.79 Å². The summed E-state index contributed by atoms with van der Waals surface area (Å²) < 4.78 is 11.0. The number of ether oxygens (including phenoxy) is 1. The van der Waals surface area contributed by atoms with Crippen LogP contribution in [0.15, 0.2) is 33.5 Å². The number of rotatable bonds is 3. The lowest BCUT2D eigenvalue weighted by Crippen LogP contribution is -2.25. The molecule has 1 saturated carbocycles. The van der Waals surface area contributed by atoms with Crippen molar-refractivity contribution < 1.29 is 23.5 Å². The van der Waals surface area contributed by atoms with Gasteiger partial charge in [0.2, 0.25) is 5.43 Å². The molecule has 1 aliphatic carbocycles. The standard InChI is InChI=1S/C23H20N2O6/c1-30-23(29)15-14-16(22(28)25-21(14)27)18(24-11-7-3-2-4-8-11)20-17(15)19(26)12-9-5-6-10-13(12)31-20/h5-6,9-11,24H,2-4,7-8H2,1H3,(H,25,27,28). The van der Waals surface area contributed by atoms with Gasteiger partial charge in [0.05, 0.1) is 40.3 Å². The minimum absolute atomic E-state index is 0.0157. The topological polar surface area (TPSA) is 115 Å². The van der Waals surface area contributed by atoms with Crippen LogP contribution >= 0.6 is 0 Å². The van der Waals surface area contributed by atoms with Crippen molar-refractivity contribution in [2.75, 3.05) is 12.4 Å². The number of hydrogen-bond donors (Lipinski definition) is 2. The number of carbonyl (C=O) groups excluding carboxylic acids is 3. The van der Waals surface area contributed by atoms with Crippen molar-refractivity contribution in [3.8, 4) is 0 Å². The van der Waals surface area contributed by atoms with Gasteiger partial charge in [0, 0.05) is 6.04 Å². The highest BCUT2D eigenvalue weighted by Gasteiger charge is 2.39. The number of esters is 1. The molecule has 2 heterocycles. The van der Waals surface area contributed by atoms with Crippen LogP contribution in [0.3, 0.4) is 0 Å². The van der Waals surface area contributed by atoms with Gasteiger partial charge >= 0.3 is 5.97 Å². The van der Waals surface area contributed by atoms with E-state index in [1.807, 2.05) is 0 Å². The van der Waals surface area contributed by atoms with Crippen molar-refractivity contribution in [2.45, 2.75) is 38.1 Å². The largest absolute Gasteiger partial charge is 0.465 e. The van der Waals surface area contributed by atoms with E-state index in [-0.39, 0.29) is 44.8 Å². The maximum absolute atomic E-state index is 13.4. The van der Waals surface area contributed by atoms with Gasteiger partial charge in [-0.1, -0.05) is 31.4 Å². The van der Waals surface area contributed by atoms with E-state index in [1.165, 1.54) is 0 Å². The van der Waals surface area contributed by atoms with Crippen LogP contribution in [0.1, 0.15) is 63.2 Å². The van der Waals surface area contributed by atoms with Crippen molar-refractivity contribution in [1.82, 2.24) is 5.32 Å². The van der Waals surface area contributed by atoms with Gasteiger partial charge in [-0.15, -0.1) is 0 Å². The van der Waals surface area contributed by atoms with Crippen molar-refractivity contribution in [2.24, 2.45) is 0 Å². The first-order valence-corrected chi connectivity index (χ1v) is 10.3. The first-order valence-electron chi connectivity index (χ1n) is 10.3. The minimum Gasteiger partial charge on any atom is -0.465 e. The monoisotopic (exact) mass is 420 g/mol. The van der Waals surface area contributed by atoms with E-state index in [0.717, 1.165) is 39.2 Å². The lowest BCUT2D eigenvalue weighted by Gasteiger charge is -2.25. The molecule has 0 spiro atoms. The number of imide groups is 1. The summed E-state index contributed by atoms with van der Waals surface area (Å²) in [5, 5.41) is 5.81. The summed E-state index contributed by atoms with van der Waals surface area (Å²) in [7, 11) is 1.16. The minimum atomic E-state index is -0.877. The Labute approximate surface area is 176 Å². The van der Waals surface area contributed by atoms with Crippen LogP contribution < -0.4 is 16.1 Å². The molecule has 158 valence electrons. The van der Waals surface area contributed by atoms with Gasteiger partial charge in [-0.3, -0.25) is 19.7 Å². The number of para-hydroxylation sites is 1. The Morgan fingerprint density at radius 1 is 1.06 bits per heavy atom. The van der Waals surface area contributed by atoms with E-state index in [1.54, 1.807) is 24.3 Å². The van der Waals surface area contributed by atoms with Gasteiger partial charge in [0.15, 0.2) is 5.58 Å².